The molecule has 0 spiro atoms. The molecule has 0 fully saturated rings. The van der Waals surface area contributed by atoms with Gasteiger partial charge in [0.25, 0.3) is 11.8 Å². The van der Waals surface area contributed by atoms with Gasteiger partial charge in [0, 0.05) is 23.4 Å². The van der Waals surface area contributed by atoms with Crippen molar-refractivity contribution in [2.45, 2.75) is 12.1 Å². The topological polar surface area (TPSA) is 173 Å². The van der Waals surface area contributed by atoms with Crippen LogP contribution in [0.1, 0.15) is 47.1 Å². The van der Waals surface area contributed by atoms with E-state index in [4.69, 9.17) is 59.2 Å². The number of pyridine rings is 1. The first-order valence-electron chi connectivity index (χ1n) is 17.5. The number of carboxylic acid groups (broad SMARTS) is 2. The van der Waals surface area contributed by atoms with Crippen molar-refractivity contribution in [1.29, 1.82) is 0 Å². The molecule has 6 rings (SSSR count). The standard InChI is InChI=1S/C22H12ClF6NO4.C20H13Cl2FN2O5/c23-16-10-13(24)4-8-17(16)34-18-9-12(21(25,26)22(27,28)29)3-7-15(18)19(31)30-14-5-1-11(2-6-14)20(32)33;1-29-18-6-10(23)2-5-16(18)30-17-8-14(22)13(21)7-12(17)19(26)25-11-3-4-15(20(27)28)24-9-11/h1-10H,(H,30,31)(H,32,33);2-9H,1H3,(H,25,26)(H,27,28). The number of benzene rings is 5. The number of carboxylic acids is 2. The highest BCUT2D eigenvalue weighted by Gasteiger charge is 2.59. The van der Waals surface area contributed by atoms with Crippen molar-refractivity contribution in [3.8, 4) is 28.7 Å². The molecule has 5 aromatic carbocycles. The highest BCUT2D eigenvalue weighted by Crippen LogP contribution is 2.46. The van der Waals surface area contributed by atoms with Gasteiger partial charge in [-0.25, -0.2) is 23.4 Å². The van der Waals surface area contributed by atoms with Gasteiger partial charge in [-0.15, -0.1) is 0 Å². The van der Waals surface area contributed by atoms with Gasteiger partial charge in [-0.2, -0.15) is 22.0 Å². The van der Waals surface area contributed by atoms with Crippen molar-refractivity contribution in [2.75, 3.05) is 17.7 Å². The van der Waals surface area contributed by atoms with Crippen LogP contribution in [0.15, 0.2) is 109 Å². The van der Waals surface area contributed by atoms with Gasteiger partial charge in [-0.3, -0.25) is 9.59 Å². The minimum atomic E-state index is -5.92. The molecule has 332 valence electrons. The van der Waals surface area contributed by atoms with Gasteiger partial charge in [-0.1, -0.05) is 40.9 Å². The van der Waals surface area contributed by atoms with Crippen molar-refractivity contribution in [1.82, 2.24) is 4.98 Å². The van der Waals surface area contributed by atoms with Gasteiger partial charge in [-0.05, 0) is 84.9 Å². The van der Waals surface area contributed by atoms with Crippen LogP contribution in [0.4, 0.5) is 42.1 Å². The summed E-state index contributed by atoms with van der Waals surface area (Å²) in [6.07, 6.45) is -4.73. The molecule has 0 bridgehead atoms. The Kier molecular flexibility index (Phi) is 15.0. The molecule has 0 aliphatic carbocycles. The Morgan fingerprint density at radius 3 is 1.72 bits per heavy atom. The number of halogens is 10. The molecule has 1 heterocycles. The summed E-state index contributed by atoms with van der Waals surface area (Å²) in [6, 6.07) is 17.9. The number of hydrogen-bond donors (Lipinski definition) is 4. The number of nitrogens with one attached hydrogen (secondary N) is 2. The lowest BCUT2D eigenvalue weighted by Crippen LogP contribution is -2.33. The molecule has 0 saturated carbocycles. The van der Waals surface area contributed by atoms with Crippen LogP contribution in [-0.4, -0.2) is 52.2 Å². The zero-order valence-electron chi connectivity index (χ0n) is 31.9. The van der Waals surface area contributed by atoms with E-state index in [1.807, 2.05) is 0 Å². The summed E-state index contributed by atoms with van der Waals surface area (Å²) in [5.41, 5.74) is -1.83. The molecule has 4 N–H and O–H groups in total. The lowest BCUT2D eigenvalue weighted by molar-refractivity contribution is -0.289. The second-order valence-electron chi connectivity index (χ2n) is 12.6. The van der Waals surface area contributed by atoms with Gasteiger partial charge in [0.05, 0.1) is 50.8 Å². The summed E-state index contributed by atoms with van der Waals surface area (Å²) < 4.78 is 109. The maximum Gasteiger partial charge on any atom is 0.458 e. The van der Waals surface area contributed by atoms with Crippen LogP contribution >= 0.6 is 34.8 Å². The fourth-order valence-corrected chi connectivity index (χ4v) is 5.67. The predicted octanol–water partition coefficient (Wildman–Crippen LogP) is 12.2. The zero-order valence-corrected chi connectivity index (χ0v) is 34.1. The number of amides is 2. The molecule has 0 radical (unpaired) electrons. The van der Waals surface area contributed by atoms with Crippen LogP contribution in [0.5, 0.6) is 28.7 Å². The third kappa shape index (κ3) is 11.7. The Balaban J connectivity index is 0.000000243. The molecular weight excluding hydrogens is 930 g/mol. The van der Waals surface area contributed by atoms with E-state index in [0.717, 1.165) is 24.3 Å². The number of methoxy groups -OCH3 is 1. The molecule has 12 nitrogen and oxygen atoms in total. The van der Waals surface area contributed by atoms with Crippen molar-refractivity contribution >= 4 is 69.9 Å². The molecule has 0 unspecified atom stereocenters. The van der Waals surface area contributed by atoms with Crippen LogP contribution < -0.4 is 24.8 Å². The Labute approximate surface area is 370 Å². The number of aromatic carboxylic acids is 2. The number of aromatic nitrogens is 1. The van der Waals surface area contributed by atoms with Crippen LogP contribution in [0.3, 0.4) is 0 Å². The number of anilines is 2. The third-order valence-corrected chi connectivity index (χ3v) is 9.32. The molecule has 22 heteroatoms. The Morgan fingerprint density at radius 2 is 1.14 bits per heavy atom. The van der Waals surface area contributed by atoms with E-state index >= 15 is 0 Å². The first-order valence-corrected chi connectivity index (χ1v) is 18.6. The molecular formula is C42H25Cl3F7N3O9. The number of nitrogens with zero attached hydrogens (tertiary/aromatic N) is 1. The van der Waals surface area contributed by atoms with Gasteiger partial charge < -0.3 is 35.1 Å². The van der Waals surface area contributed by atoms with E-state index < -0.39 is 64.4 Å². The van der Waals surface area contributed by atoms with E-state index in [0.29, 0.717) is 18.2 Å². The smallest absolute Gasteiger partial charge is 0.458 e. The van der Waals surface area contributed by atoms with E-state index in [1.165, 1.54) is 74.0 Å². The number of carbonyl (C=O) groups is 4. The molecule has 64 heavy (non-hydrogen) atoms. The van der Waals surface area contributed by atoms with Crippen LogP contribution in [-0.2, 0) is 5.92 Å². The summed E-state index contributed by atoms with van der Waals surface area (Å²) in [4.78, 5) is 51.1. The summed E-state index contributed by atoms with van der Waals surface area (Å²) in [7, 11) is 1.35. The van der Waals surface area contributed by atoms with E-state index in [-0.39, 0.29) is 66.3 Å². The number of carbonyl (C=O) groups excluding carboxylic acids is 2. The predicted molar refractivity (Wildman–Crippen MR) is 218 cm³/mol. The molecule has 0 atom stereocenters. The highest BCUT2D eigenvalue weighted by molar-refractivity contribution is 6.42. The highest BCUT2D eigenvalue weighted by atomic mass is 35.5. The average molecular weight is 955 g/mol. The van der Waals surface area contributed by atoms with Gasteiger partial charge in [0.2, 0.25) is 0 Å². The van der Waals surface area contributed by atoms with Gasteiger partial charge >= 0.3 is 24.0 Å². The van der Waals surface area contributed by atoms with Crippen molar-refractivity contribution in [3.05, 3.63) is 164 Å². The van der Waals surface area contributed by atoms with Gasteiger partial charge in [0.15, 0.2) is 11.5 Å². The minimum absolute atomic E-state index is 0.0260. The van der Waals surface area contributed by atoms with E-state index in [9.17, 15) is 49.9 Å². The minimum Gasteiger partial charge on any atom is -0.493 e. The second kappa shape index (κ2) is 20.0. The number of hydrogen-bond acceptors (Lipinski definition) is 8. The monoisotopic (exact) mass is 953 g/mol. The van der Waals surface area contributed by atoms with E-state index in [2.05, 4.69) is 15.6 Å². The first kappa shape index (κ1) is 48.0. The summed E-state index contributed by atoms with van der Waals surface area (Å²) in [6.45, 7) is 0. The maximum atomic E-state index is 13.9. The third-order valence-electron chi connectivity index (χ3n) is 8.30. The Morgan fingerprint density at radius 1 is 0.578 bits per heavy atom. The number of alkyl halides is 5. The summed E-state index contributed by atoms with van der Waals surface area (Å²) in [5.74, 6) is -11.3. The molecule has 0 aliphatic rings. The fourth-order valence-electron chi connectivity index (χ4n) is 5.15. The maximum absolute atomic E-state index is 13.9. The van der Waals surface area contributed by atoms with Crippen molar-refractivity contribution in [2.24, 2.45) is 0 Å². The van der Waals surface area contributed by atoms with E-state index in [1.54, 1.807) is 0 Å². The van der Waals surface area contributed by atoms with Crippen molar-refractivity contribution in [3.63, 3.8) is 0 Å². The largest absolute Gasteiger partial charge is 0.493 e. The SMILES string of the molecule is COc1cc(F)ccc1Oc1cc(Cl)c(Cl)cc1C(=O)Nc1ccc(C(=O)O)nc1.O=C(O)c1ccc(NC(=O)c2ccc(C(F)(F)C(F)(F)F)cc2Oc2ccc(F)cc2Cl)cc1. The van der Waals surface area contributed by atoms with Crippen molar-refractivity contribution < 1.29 is 74.3 Å². The Hall–Kier alpha value is -7.09. The lowest BCUT2D eigenvalue weighted by atomic mass is 10.0. The normalized spacial score (nSPS) is 11.1. The van der Waals surface area contributed by atoms with Crippen LogP contribution in [0, 0.1) is 11.6 Å². The molecule has 6 aromatic rings. The zero-order chi connectivity index (χ0) is 47.1. The fraction of sp³-hybridized carbons (Fsp3) is 0.0714. The molecule has 2 amide bonds. The van der Waals surface area contributed by atoms with Gasteiger partial charge in [0.1, 0.15) is 34.6 Å². The average Bonchev–Trinajstić information content (AvgIpc) is 3.23. The summed E-state index contributed by atoms with van der Waals surface area (Å²) in [5, 5.41) is 22.7. The lowest BCUT2D eigenvalue weighted by Gasteiger charge is -2.21. The van der Waals surface area contributed by atoms with Crippen LogP contribution in [0.25, 0.3) is 0 Å². The molecule has 0 aliphatic heterocycles. The summed E-state index contributed by atoms with van der Waals surface area (Å²) >= 11 is 18.0. The first-order chi connectivity index (χ1) is 30.1. The molecule has 0 saturated heterocycles. The Bertz CT molecular complexity index is 2740. The quantitative estimate of drug-likeness (QED) is 0.0865. The number of rotatable bonds is 12. The van der Waals surface area contributed by atoms with Crippen LogP contribution in [0.2, 0.25) is 15.1 Å². The number of ether oxygens (including phenoxy) is 3. The second-order valence-corrected chi connectivity index (χ2v) is 13.9. The molecule has 1 aromatic heterocycles.